The molecule has 1 aromatic heterocycles. The maximum absolute atomic E-state index is 12.7. The van der Waals surface area contributed by atoms with E-state index >= 15 is 0 Å². The van der Waals surface area contributed by atoms with Crippen LogP contribution in [0.4, 0.5) is 5.82 Å². The number of anilines is 1. The summed E-state index contributed by atoms with van der Waals surface area (Å²) >= 11 is 1.74. The third-order valence-electron chi connectivity index (χ3n) is 3.28. The average molecular weight is 303 g/mol. The molecule has 0 aliphatic carbocycles. The van der Waals surface area contributed by atoms with Crippen molar-refractivity contribution >= 4 is 34.4 Å². The molecule has 0 aliphatic rings. The standard InChI is InChI=1S/C16H21N3OS/c1-4-17-15-11-13(16(20)19(2)9-10-21-3)12-7-5-6-8-14(12)18-15/h5-8,11H,4,9-10H2,1-3H3,(H,17,18). The van der Waals surface area contributed by atoms with Crippen LogP contribution < -0.4 is 5.32 Å². The first kappa shape index (κ1) is 15.6. The third-order valence-corrected chi connectivity index (χ3v) is 3.87. The van der Waals surface area contributed by atoms with E-state index in [9.17, 15) is 4.79 Å². The van der Waals surface area contributed by atoms with Gasteiger partial charge in [0.25, 0.3) is 5.91 Å². The van der Waals surface area contributed by atoms with Gasteiger partial charge >= 0.3 is 0 Å². The molecule has 0 radical (unpaired) electrons. The maximum atomic E-state index is 12.7. The van der Waals surface area contributed by atoms with Crippen LogP contribution in [-0.4, -0.2) is 47.9 Å². The highest BCUT2D eigenvalue weighted by atomic mass is 32.2. The molecule has 1 amide bonds. The molecule has 1 aromatic carbocycles. The number of carbonyl (C=O) groups is 1. The molecule has 112 valence electrons. The van der Waals surface area contributed by atoms with E-state index < -0.39 is 0 Å². The number of benzene rings is 1. The smallest absolute Gasteiger partial charge is 0.254 e. The van der Waals surface area contributed by atoms with Gasteiger partial charge in [-0.2, -0.15) is 11.8 Å². The number of para-hydroxylation sites is 1. The Labute approximate surface area is 129 Å². The lowest BCUT2D eigenvalue weighted by molar-refractivity contribution is 0.0805. The fraction of sp³-hybridized carbons (Fsp3) is 0.375. The van der Waals surface area contributed by atoms with Crippen LogP contribution in [0.15, 0.2) is 30.3 Å². The molecule has 2 aromatic rings. The molecular formula is C16H21N3OS. The molecule has 1 N–H and O–H groups in total. The van der Waals surface area contributed by atoms with Gasteiger partial charge in [0, 0.05) is 31.3 Å². The second-order valence-electron chi connectivity index (χ2n) is 4.82. The first-order chi connectivity index (χ1) is 10.2. The van der Waals surface area contributed by atoms with Crippen molar-refractivity contribution in [3.8, 4) is 0 Å². The van der Waals surface area contributed by atoms with E-state index in [1.165, 1.54) is 0 Å². The Morgan fingerprint density at radius 3 is 2.86 bits per heavy atom. The Morgan fingerprint density at radius 1 is 1.38 bits per heavy atom. The minimum Gasteiger partial charge on any atom is -0.370 e. The molecule has 0 fully saturated rings. The Morgan fingerprint density at radius 2 is 2.14 bits per heavy atom. The van der Waals surface area contributed by atoms with Crippen molar-refractivity contribution in [3.05, 3.63) is 35.9 Å². The van der Waals surface area contributed by atoms with Crippen LogP contribution in [0.2, 0.25) is 0 Å². The van der Waals surface area contributed by atoms with Crippen molar-refractivity contribution in [3.63, 3.8) is 0 Å². The maximum Gasteiger partial charge on any atom is 0.254 e. The number of nitrogens with one attached hydrogen (secondary N) is 1. The summed E-state index contributed by atoms with van der Waals surface area (Å²) in [6.07, 6.45) is 2.05. The van der Waals surface area contributed by atoms with E-state index in [1.807, 2.05) is 50.6 Å². The van der Waals surface area contributed by atoms with Crippen LogP contribution >= 0.6 is 11.8 Å². The van der Waals surface area contributed by atoms with Gasteiger partial charge in [0.1, 0.15) is 5.82 Å². The quantitative estimate of drug-likeness (QED) is 0.890. The molecule has 0 atom stereocenters. The van der Waals surface area contributed by atoms with E-state index in [0.717, 1.165) is 35.6 Å². The number of amides is 1. The molecule has 2 rings (SSSR count). The Balaban J connectivity index is 2.42. The monoisotopic (exact) mass is 303 g/mol. The lowest BCUT2D eigenvalue weighted by atomic mass is 10.1. The topological polar surface area (TPSA) is 45.2 Å². The third kappa shape index (κ3) is 3.67. The SMILES string of the molecule is CCNc1cc(C(=O)N(C)CCSC)c2ccccc2n1. The fourth-order valence-electron chi connectivity index (χ4n) is 2.16. The zero-order valence-corrected chi connectivity index (χ0v) is 13.5. The summed E-state index contributed by atoms with van der Waals surface area (Å²) < 4.78 is 0. The van der Waals surface area contributed by atoms with Crippen LogP contribution in [-0.2, 0) is 0 Å². The van der Waals surface area contributed by atoms with E-state index in [0.29, 0.717) is 5.56 Å². The molecule has 5 heteroatoms. The van der Waals surface area contributed by atoms with Gasteiger partial charge in [-0.05, 0) is 25.3 Å². The number of aromatic nitrogens is 1. The number of thioether (sulfide) groups is 1. The lowest BCUT2D eigenvalue weighted by Gasteiger charge is -2.18. The average Bonchev–Trinajstić information content (AvgIpc) is 2.51. The van der Waals surface area contributed by atoms with Crippen molar-refractivity contribution in [2.24, 2.45) is 0 Å². The summed E-state index contributed by atoms with van der Waals surface area (Å²) in [7, 11) is 1.85. The molecule has 0 saturated carbocycles. The zero-order chi connectivity index (χ0) is 15.2. The van der Waals surface area contributed by atoms with Gasteiger partial charge in [-0.3, -0.25) is 4.79 Å². The summed E-state index contributed by atoms with van der Waals surface area (Å²) in [5.74, 6) is 1.73. The Bertz CT molecular complexity index is 630. The highest BCUT2D eigenvalue weighted by Crippen LogP contribution is 2.22. The molecule has 4 nitrogen and oxygen atoms in total. The second kappa shape index (κ2) is 7.31. The van der Waals surface area contributed by atoms with Crippen LogP contribution in [0.1, 0.15) is 17.3 Å². The van der Waals surface area contributed by atoms with Crippen LogP contribution in [0.5, 0.6) is 0 Å². The van der Waals surface area contributed by atoms with Gasteiger partial charge in [-0.1, -0.05) is 18.2 Å². The van der Waals surface area contributed by atoms with Gasteiger partial charge in [-0.25, -0.2) is 4.98 Å². The van der Waals surface area contributed by atoms with Crippen molar-refractivity contribution in [2.75, 3.05) is 37.5 Å². The van der Waals surface area contributed by atoms with E-state index in [1.54, 1.807) is 16.7 Å². The van der Waals surface area contributed by atoms with Gasteiger partial charge in [0.05, 0.1) is 11.1 Å². The zero-order valence-electron chi connectivity index (χ0n) is 12.7. The first-order valence-corrected chi connectivity index (χ1v) is 8.44. The normalized spacial score (nSPS) is 10.6. The molecule has 0 saturated heterocycles. The molecule has 21 heavy (non-hydrogen) atoms. The van der Waals surface area contributed by atoms with Crippen molar-refractivity contribution in [1.82, 2.24) is 9.88 Å². The van der Waals surface area contributed by atoms with Gasteiger partial charge < -0.3 is 10.2 Å². The number of fused-ring (bicyclic) bond motifs is 1. The summed E-state index contributed by atoms with van der Waals surface area (Å²) in [4.78, 5) is 19.0. The summed E-state index contributed by atoms with van der Waals surface area (Å²) in [5.41, 5.74) is 1.55. The van der Waals surface area contributed by atoms with Crippen molar-refractivity contribution in [1.29, 1.82) is 0 Å². The largest absolute Gasteiger partial charge is 0.370 e. The van der Waals surface area contributed by atoms with Crippen molar-refractivity contribution < 1.29 is 4.79 Å². The predicted molar refractivity (Wildman–Crippen MR) is 91.2 cm³/mol. The molecule has 0 spiro atoms. The number of carbonyl (C=O) groups excluding carboxylic acids is 1. The second-order valence-corrected chi connectivity index (χ2v) is 5.81. The van der Waals surface area contributed by atoms with E-state index in [4.69, 9.17) is 0 Å². The summed E-state index contributed by atoms with van der Waals surface area (Å²) in [6.45, 7) is 3.54. The van der Waals surface area contributed by atoms with Gasteiger partial charge in [0.2, 0.25) is 0 Å². The summed E-state index contributed by atoms with van der Waals surface area (Å²) in [6, 6.07) is 9.62. The van der Waals surface area contributed by atoms with Gasteiger partial charge in [0.15, 0.2) is 0 Å². The fourth-order valence-corrected chi connectivity index (χ4v) is 2.62. The minimum atomic E-state index is 0.0433. The number of pyridine rings is 1. The minimum absolute atomic E-state index is 0.0433. The highest BCUT2D eigenvalue weighted by Gasteiger charge is 2.16. The number of rotatable bonds is 6. The molecule has 1 heterocycles. The molecule has 0 aliphatic heterocycles. The number of hydrogen-bond donors (Lipinski definition) is 1. The predicted octanol–water partition coefficient (Wildman–Crippen LogP) is 3.10. The molecular weight excluding hydrogens is 282 g/mol. The number of nitrogens with zero attached hydrogens (tertiary/aromatic N) is 2. The Hall–Kier alpha value is -1.75. The van der Waals surface area contributed by atoms with Gasteiger partial charge in [-0.15, -0.1) is 0 Å². The highest BCUT2D eigenvalue weighted by molar-refractivity contribution is 7.98. The number of hydrogen-bond acceptors (Lipinski definition) is 4. The Kier molecular flexibility index (Phi) is 5.44. The van der Waals surface area contributed by atoms with Crippen LogP contribution in [0, 0.1) is 0 Å². The van der Waals surface area contributed by atoms with Crippen molar-refractivity contribution in [2.45, 2.75) is 6.92 Å². The van der Waals surface area contributed by atoms with Crippen LogP contribution in [0.25, 0.3) is 10.9 Å². The lowest BCUT2D eigenvalue weighted by Crippen LogP contribution is -2.29. The molecule has 0 bridgehead atoms. The first-order valence-electron chi connectivity index (χ1n) is 7.05. The van der Waals surface area contributed by atoms with E-state index in [-0.39, 0.29) is 5.91 Å². The van der Waals surface area contributed by atoms with E-state index in [2.05, 4.69) is 10.3 Å². The molecule has 0 unspecified atom stereocenters. The summed E-state index contributed by atoms with van der Waals surface area (Å²) in [5, 5.41) is 4.09. The van der Waals surface area contributed by atoms with Crippen LogP contribution in [0.3, 0.4) is 0 Å².